The zero-order chi connectivity index (χ0) is 13.3. The molecular formula is C14H12N4S. The first kappa shape index (κ1) is 13.1. The van der Waals surface area contributed by atoms with Crippen LogP contribution in [0.25, 0.3) is 0 Å². The van der Waals surface area contributed by atoms with E-state index in [0.29, 0.717) is 10.9 Å². The first-order valence-electron chi connectivity index (χ1n) is 5.70. The molecule has 0 bridgehead atoms. The quantitative estimate of drug-likeness (QED) is 0.402. The largest absolute Gasteiger partial charge is 0.271 e. The van der Waals surface area contributed by atoms with E-state index in [-0.39, 0.29) is 0 Å². The van der Waals surface area contributed by atoms with Gasteiger partial charge in [0.25, 0.3) is 0 Å². The highest BCUT2D eigenvalue weighted by Crippen LogP contribution is 2.16. The first-order chi connectivity index (χ1) is 9.38. The van der Waals surface area contributed by atoms with Crippen LogP contribution in [-0.4, -0.2) is 10.2 Å². The Kier molecular flexibility index (Phi) is 4.96. The van der Waals surface area contributed by atoms with Gasteiger partial charge in [-0.1, -0.05) is 36.0 Å². The van der Waals surface area contributed by atoms with Crippen molar-refractivity contribution in [1.29, 1.82) is 5.26 Å². The minimum absolute atomic E-state index is 0.569. The number of nitriles is 1. The molecule has 0 aliphatic rings. The number of rotatable bonds is 3. The van der Waals surface area contributed by atoms with E-state index in [2.05, 4.69) is 15.3 Å². The predicted octanol–water partition coefficient (Wildman–Crippen LogP) is 3.07. The summed E-state index contributed by atoms with van der Waals surface area (Å²) in [5.41, 5.74) is 1.77. The van der Waals surface area contributed by atoms with E-state index in [0.717, 1.165) is 11.4 Å². The number of thioether (sulfide) groups is 1. The molecule has 0 aliphatic heterocycles. The van der Waals surface area contributed by atoms with Gasteiger partial charge >= 0.3 is 0 Å². The van der Waals surface area contributed by atoms with E-state index in [1.165, 1.54) is 11.8 Å². The summed E-state index contributed by atoms with van der Waals surface area (Å²) in [6.45, 7) is 0. The highest BCUT2D eigenvalue weighted by molar-refractivity contribution is 8.13. The Balaban J connectivity index is 2.05. The summed E-state index contributed by atoms with van der Waals surface area (Å²) in [5.74, 6) is 0.668. The molecule has 2 rings (SSSR count). The second kappa shape index (κ2) is 7.19. The zero-order valence-electron chi connectivity index (χ0n) is 10.2. The van der Waals surface area contributed by atoms with Crippen LogP contribution >= 0.6 is 11.8 Å². The second-order valence-corrected chi connectivity index (χ2v) is 4.56. The molecular weight excluding hydrogens is 256 g/mol. The Morgan fingerprint density at radius 1 is 1.21 bits per heavy atom. The number of aliphatic imine (C=N–C) groups is 1. The van der Waals surface area contributed by atoms with Crippen LogP contribution in [0, 0.1) is 11.5 Å². The highest BCUT2D eigenvalue weighted by Gasteiger charge is 2.02. The van der Waals surface area contributed by atoms with Crippen LogP contribution in [0.5, 0.6) is 0 Å². The van der Waals surface area contributed by atoms with Crippen molar-refractivity contribution in [3.63, 3.8) is 0 Å². The molecule has 0 aliphatic carbocycles. The summed E-state index contributed by atoms with van der Waals surface area (Å²) in [7, 11) is 0. The molecule has 2 aromatic rings. The number of amidine groups is 1. The standard InChI is InChI=1S/C14H12N4S/c15-11-17-14(18-12-6-2-1-3-7-12)19-10-13-8-4-5-9-16-13/h1-9H,10H2,(H,17,18). The van der Waals surface area contributed by atoms with Crippen LogP contribution in [-0.2, 0) is 5.75 Å². The lowest BCUT2D eigenvalue weighted by Gasteiger charge is -2.03. The first-order valence-corrected chi connectivity index (χ1v) is 6.68. The summed E-state index contributed by atoms with van der Waals surface area (Å²) in [5, 5.41) is 11.9. The molecule has 1 heterocycles. The third kappa shape index (κ3) is 4.45. The van der Waals surface area contributed by atoms with Gasteiger partial charge in [-0.3, -0.25) is 10.3 Å². The van der Waals surface area contributed by atoms with Gasteiger partial charge in [-0.25, -0.2) is 4.99 Å². The minimum Gasteiger partial charge on any atom is -0.271 e. The van der Waals surface area contributed by atoms with Gasteiger partial charge in [0.05, 0.1) is 11.4 Å². The van der Waals surface area contributed by atoms with Crippen molar-refractivity contribution >= 4 is 22.6 Å². The van der Waals surface area contributed by atoms with Crippen LogP contribution in [0.15, 0.2) is 59.7 Å². The normalized spacial score (nSPS) is 10.8. The van der Waals surface area contributed by atoms with E-state index in [9.17, 15) is 0 Å². The topological polar surface area (TPSA) is 61.1 Å². The maximum Gasteiger partial charge on any atom is 0.183 e. The highest BCUT2D eigenvalue weighted by atomic mass is 32.2. The fraction of sp³-hybridized carbons (Fsp3) is 0.0714. The average molecular weight is 268 g/mol. The van der Waals surface area contributed by atoms with Gasteiger partial charge in [0.1, 0.15) is 0 Å². The van der Waals surface area contributed by atoms with Crippen molar-refractivity contribution in [2.24, 2.45) is 4.99 Å². The molecule has 4 nitrogen and oxygen atoms in total. The molecule has 1 aromatic heterocycles. The van der Waals surface area contributed by atoms with E-state index in [4.69, 9.17) is 5.26 Å². The molecule has 0 radical (unpaired) electrons. The maximum atomic E-state index is 8.74. The van der Waals surface area contributed by atoms with Crippen molar-refractivity contribution in [2.45, 2.75) is 5.75 Å². The predicted molar refractivity (Wildman–Crippen MR) is 77.8 cm³/mol. The van der Waals surface area contributed by atoms with Gasteiger partial charge in [-0.2, -0.15) is 5.26 Å². The van der Waals surface area contributed by atoms with Crippen LogP contribution in [0.4, 0.5) is 5.69 Å². The fourth-order valence-electron chi connectivity index (χ4n) is 1.39. The van der Waals surface area contributed by atoms with Crippen molar-refractivity contribution in [3.8, 4) is 6.19 Å². The molecule has 1 aromatic carbocycles. The van der Waals surface area contributed by atoms with Gasteiger partial charge in [-0.05, 0) is 24.3 Å². The molecule has 0 spiro atoms. The Morgan fingerprint density at radius 2 is 2.00 bits per heavy atom. The Hall–Kier alpha value is -2.32. The van der Waals surface area contributed by atoms with E-state index in [1.807, 2.05) is 54.7 Å². The third-order valence-corrected chi connectivity index (χ3v) is 3.14. The Morgan fingerprint density at radius 3 is 2.68 bits per heavy atom. The summed E-state index contributed by atoms with van der Waals surface area (Å²) in [6, 6.07) is 15.3. The molecule has 0 saturated carbocycles. The van der Waals surface area contributed by atoms with Crippen LogP contribution in [0.2, 0.25) is 0 Å². The molecule has 0 saturated heterocycles. The number of hydrogen-bond acceptors (Lipinski definition) is 4. The minimum atomic E-state index is 0.569. The summed E-state index contributed by atoms with van der Waals surface area (Å²) in [4.78, 5) is 8.61. The molecule has 94 valence electrons. The molecule has 0 fully saturated rings. The van der Waals surface area contributed by atoms with E-state index < -0.39 is 0 Å². The van der Waals surface area contributed by atoms with E-state index in [1.54, 1.807) is 6.20 Å². The molecule has 0 atom stereocenters. The van der Waals surface area contributed by atoms with E-state index >= 15 is 0 Å². The lowest BCUT2D eigenvalue weighted by atomic mass is 10.3. The molecule has 19 heavy (non-hydrogen) atoms. The van der Waals surface area contributed by atoms with Gasteiger partial charge in [0.15, 0.2) is 11.4 Å². The van der Waals surface area contributed by atoms with Crippen molar-refractivity contribution < 1.29 is 0 Å². The van der Waals surface area contributed by atoms with Gasteiger partial charge < -0.3 is 0 Å². The number of para-hydroxylation sites is 1. The molecule has 1 N–H and O–H groups in total. The Labute approximate surface area is 116 Å². The lowest BCUT2D eigenvalue weighted by molar-refractivity contribution is 1.18. The number of hydrogen-bond donors (Lipinski definition) is 1. The van der Waals surface area contributed by atoms with Crippen LogP contribution in [0.1, 0.15) is 5.69 Å². The number of aromatic nitrogens is 1. The average Bonchev–Trinajstić information content (AvgIpc) is 2.47. The van der Waals surface area contributed by atoms with Crippen molar-refractivity contribution in [2.75, 3.05) is 0 Å². The number of benzene rings is 1. The van der Waals surface area contributed by atoms with Gasteiger partial charge in [0, 0.05) is 11.9 Å². The Bertz CT molecular complexity index is 575. The van der Waals surface area contributed by atoms with Crippen molar-refractivity contribution in [3.05, 3.63) is 60.4 Å². The molecule has 0 unspecified atom stereocenters. The third-order valence-electron chi connectivity index (χ3n) is 2.23. The fourth-order valence-corrected chi connectivity index (χ4v) is 2.13. The van der Waals surface area contributed by atoms with Crippen molar-refractivity contribution in [1.82, 2.24) is 10.3 Å². The number of nitrogens with zero attached hydrogens (tertiary/aromatic N) is 3. The smallest absolute Gasteiger partial charge is 0.183 e. The number of pyridine rings is 1. The zero-order valence-corrected chi connectivity index (χ0v) is 11.0. The van der Waals surface area contributed by atoms with Gasteiger partial charge in [0.2, 0.25) is 0 Å². The van der Waals surface area contributed by atoms with Crippen LogP contribution < -0.4 is 5.32 Å². The second-order valence-electron chi connectivity index (χ2n) is 3.60. The number of nitrogens with one attached hydrogen (secondary N) is 1. The van der Waals surface area contributed by atoms with Gasteiger partial charge in [-0.15, -0.1) is 0 Å². The SMILES string of the molecule is N#CNC(=Nc1ccccc1)SCc1ccccn1. The summed E-state index contributed by atoms with van der Waals surface area (Å²) >= 11 is 1.45. The lowest BCUT2D eigenvalue weighted by Crippen LogP contribution is -2.13. The maximum absolute atomic E-state index is 8.74. The molecule has 5 heteroatoms. The molecule has 0 amide bonds. The monoisotopic (exact) mass is 268 g/mol. The van der Waals surface area contributed by atoms with Crippen LogP contribution in [0.3, 0.4) is 0 Å². The summed E-state index contributed by atoms with van der Waals surface area (Å²) in [6.07, 6.45) is 3.65. The summed E-state index contributed by atoms with van der Waals surface area (Å²) < 4.78 is 0.